The van der Waals surface area contributed by atoms with Crippen LogP contribution in [0.5, 0.6) is 0 Å². The van der Waals surface area contributed by atoms with Crippen LogP contribution < -0.4 is 11.1 Å². The van der Waals surface area contributed by atoms with Crippen LogP contribution in [-0.2, 0) is 16.0 Å². The van der Waals surface area contributed by atoms with E-state index >= 15 is 0 Å². The van der Waals surface area contributed by atoms with E-state index < -0.39 is 11.6 Å². The van der Waals surface area contributed by atoms with Crippen molar-refractivity contribution < 1.29 is 14.0 Å². The Morgan fingerprint density at radius 2 is 2.11 bits per heavy atom. The van der Waals surface area contributed by atoms with Crippen molar-refractivity contribution in [2.75, 3.05) is 5.32 Å². The molecule has 0 amide bonds. The molecule has 0 aliphatic heterocycles. The summed E-state index contributed by atoms with van der Waals surface area (Å²) in [7, 11) is 0. The standard InChI is InChI=1S/C13H15FN2O2/c1-3-9-4-10(14)6-11(5-9)16-13(8(2)15)12(18)7-17/h4-7,16H,3,15H2,1-2H3/b13-8-. The average Bonchev–Trinajstić information content (AvgIpc) is 2.34. The molecule has 0 atom stereocenters. The third-order valence-electron chi connectivity index (χ3n) is 2.38. The van der Waals surface area contributed by atoms with E-state index in [2.05, 4.69) is 5.32 Å². The number of benzene rings is 1. The molecule has 1 aromatic carbocycles. The normalized spacial score (nSPS) is 11.7. The molecule has 0 fully saturated rings. The fraction of sp³-hybridized carbons (Fsp3) is 0.231. The molecule has 0 aliphatic rings. The van der Waals surface area contributed by atoms with Gasteiger partial charge in [0.15, 0.2) is 6.29 Å². The first kappa shape index (κ1) is 13.9. The molecule has 4 nitrogen and oxygen atoms in total. The van der Waals surface area contributed by atoms with Crippen LogP contribution in [0, 0.1) is 5.82 Å². The zero-order chi connectivity index (χ0) is 13.7. The molecule has 0 unspecified atom stereocenters. The van der Waals surface area contributed by atoms with Gasteiger partial charge in [0, 0.05) is 11.4 Å². The molecular formula is C13H15FN2O2. The van der Waals surface area contributed by atoms with Gasteiger partial charge in [-0.05, 0) is 37.1 Å². The van der Waals surface area contributed by atoms with Crippen molar-refractivity contribution in [2.45, 2.75) is 20.3 Å². The number of nitrogens with one attached hydrogen (secondary N) is 1. The molecule has 0 spiro atoms. The Morgan fingerprint density at radius 1 is 1.44 bits per heavy atom. The van der Waals surface area contributed by atoms with E-state index in [0.717, 1.165) is 5.56 Å². The highest BCUT2D eigenvalue weighted by Gasteiger charge is 2.11. The number of Topliss-reactive ketones (excluding diaryl/α,β-unsaturated/α-hetero) is 1. The second kappa shape index (κ2) is 5.95. The number of anilines is 1. The van der Waals surface area contributed by atoms with Gasteiger partial charge in [-0.15, -0.1) is 0 Å². The summed E-state index contributed by atoms with van der Waals surface area (Å²) in [6.07, 6.45) is 0.827. The average molecular weight is 250 g/mol. The van der Waals surface area contributed by atoms with E-state index in [0.29, 0.717) is 12.1 Å². The first-order chi connectivity index (χ1) is 8.47. The summed E-state index contributed by atoms with van der Waals surface area (Å²) >= 11 is 0. The van der Waals surface area contributed by atoms with Crippen LogP contribution in [0.4, 0.5) is 10.1 Å². The highest BCUT2D eigenvalue weighted by molar-refractivity contribution is 6.34. The molecule has 96 valence electrons. The van der Waals surface area contributed by atoms with Crippen LogP contribution >= 0.6 is 0 Å². The topological polar surface area (TPSA) is 72.2 Å². The fourth-order valence-corrected chi connectivity index (χ4v) is 1.48. The summed E-state index contributed by atoms with van der Waals surface area (Å²) in [5, 5.41) is 2.68. The van der Waals surface area contributed by atoms with Crippen LogP contribution in [0.15, 0.2) is 29.6 Å². The molecule has 5 heteroatoms. The molecule has 0 radical (unpaired) electrons. The van der Waals surface area contributed by atoms with Gasteiger partial charge in [0.2, 0.25) is 5.78 Å². The van der Waals surface area contributed by atoms with Crippen LogP contribution in [0.3, 0.4) is 0 Å². The number of carbonyl (C=O) groups excluding carboxylic acids is 2. The number of allylic oxidation sites excluding steroid dienone is 2. The fourth-order valence-electron chi connectivity index (χ4n) is 1.48. The minimum atomic E-state index is -0.766. The van der Waals surface area contributed by atoms with Gasteiger partial charge in [0.05, 0.1) is 0 Å². The van der Waals surface area contributed by atoms with Crippen molar-refractivity contribution in [1.29, 1.82) is 0 Å². The zero-order valence-electron chi connectivity index (χ0n) is 10.3. The number of hydrogen-bond acceptors (Lipinski definition) is 4. The number of hydrogen-bond donors (Lipinski definition) is 2. The maximum absolute atomic E-state index is 13.3. The van der Waals surface area contributed by atoms with Crippen molar-refractivity contribution in [3.05, 3.63) is 41.0 Å². The highest BCUT2D eigenvalue weighted by atomic mass is 19.1. The molecule has 0 saturated carbocycles. The van der Waals surface area contributed by atoms with E-state index in [1.807, 2.05) is 6.92 Å². The highest BCUT2D eigenvalue weighted by Crippen LogP contribution is 2.17. The first-order valence-corrected chi connectivity index (χ1v) is 5.50. The van der Waals surface area contributed by atoms with Gasteiger partial charge in [-0.3, -0.25) is 9.59 Å². The molecule has 1 aromatic rings. The summed E-state index contributed by atoms with van der Waals surface area (Å²) in [4.78, 5) is 21.8. The lowest BCUT2D eigenvalue weighted by Gasteiger charge is -2.10. The number of aryl methyl sites for hydroxylation is 1. The molecular weight excluding hydrogens is 235 g/mol. The number of carbonyl (C=O) groups is 2. The summed E-state index contributed by atoms with van der Waals surface area (Å²) in [6, 6.07) is 4.34. The number of ketones is 1. The first-order valence-electron chi connectivity index (χ1n) is 5.50. The quantitative estimate of drug-likeness (QED) is 0.474. The van der Waals surface area contributed by atoms with Gasteiger partial charge >= 0.3 is 0 Å². The van der Waals surface area contributed by atoms with Crippen molar-refractivity contribution in [3.63, 3.8) is 0 Å². The number of nitrogens with two attached hydrogens (primary N) is 1. The number of aldehydes is 1. The minimum absolute atomic E-state index is 0.0300. The predicted molar refractivity (Wildman–Crippen MR) is 67.4 cm³/mol. The summed E-state index contributed by atoms with van der Waals surface area (Å²) in [6.45, 7) is 3.38. The molecule has 0 saturated heterocycles. The van der Waals surface area contributed by atoms with Gasteiger partial charge in [-0.25, -0.2) is 4.39 Å². The van der Waals surface area contributed by atoms with E-state index in [1.54, 1.807) is 6.07 Å². The summed E-state index contributed by atoms with van der Waals surface area (Å²) in [5.41, 5.74) is 6.83. The van der Waals surface area contributed by atoms with Crippen LogP contribution in [0.2, 0.25) is 0 Å². The smallest absolute Gasteiger partial charge is 0.243 e. The van der Waals surface area contributed by atoms with Gasteiger partial charge < -0.3 is 11.1 Å². The predicted octanol–water partition coefficient (Wildman–Crippen LogP) is 1.76. The summed E-state index contributed by atoms with van der Waals surface area (Å²) < 4.78 is 13.3. The van der Waals surface area contributed by atoms with Crippen LogP contribution in [0.1, 0.15) is 19.4 Å². The zero-order valence-corrected chi connectivity index (χ0v) is 10.3. The van der Waals surface area contributed by atoms with E-state index in [-0.39, 0.29) is 17.7 Å². The van der Waals surface area contributed by atoms with E-state index in [4.69, 9.17) is 5.73 Å². The monoisotopic (exact) mass is 250 g/mol. The molecule has 0 heterocycles. The van der Waals surface area contributed by atoms with Crippen molar-refractivity contribution in [3.8, 4) is 0 Å². The van der Waals surface area contributed by atoms with Crippen molar-refractivity contribution in [2.24, 2.45) is 5.73 Å². The van der Waals surface area contributed by atoms with Gasteiger partial charge in [-0.2, -0.15) is 0 Å². The lowest BCUT2D eigenvalue weighted by atomic mass is 10.1. The Labute approximate surface area is 105 Å². The van der Waals surface area contributed by atoms with Gasteiger partial charge in [0.25, 0.3) is 0 Å². The Kier molecular flexibility index (Phi) is 4.59. The van der Waals surface area contributed by atoms with E-state index in [9.17, 15) is 14.0 Å². The summed E-state index contributed by atoms with van der Waals surface area (Å²) in [5.74, 6) is -1.18. The van der Waals surface area contributed by atoms with Gasteiger partial charge in [0.1, 0.15) is 11.5 Å². The molecule has 18 heavy (non-hydrogen) atoms. The Balaban J connectivity index is 3.09. The van der Waals surface area contributed by atoms with Crippen molar-refractivity contribution >= 4 is 17.8 Å². The Morgan fingerprint density at radius 3 is 2.61 bits per heavy atom. The van der Waals surface area contributed by atoms with Crippen molar-refractivity contribution in [1.82, 2.24) is 0 Å². The second-order valence-electron chi connectivity index (χ2n) is 3.87. The molecule has 0 aromatic heterocycles. The number of rotatable bonds is 5. The van der Waals surface area contributed by atoms with E-state index in [1.165, 1.54) is 19.1 Å². The lowest BCUT2D eigenvalue weighted by Crippen LogP contribution is -2.17. The Hall–Kier alpha value is -2.17. The lowest BCUT2D eigenvalue weighted by molar-refractivity contribution is -0.127. The third kappa shape index (κ3) is 3.41. The molecule has 1 rings (SSSR count). The number of halogens is 1. The van der Waals surface area contributed by atoms with Crippen LogP contribution in [-0.4, -0.2) is 12.1 Å². The van der Waals surface area contributed by atoms with Gasteiger partial charge in [-0.1, -0.05) is 6.92 Å². The molecule has 0 aliphatic carbocycles. The maximum atomic E-state index is 13.3. The molecule has 3 N–H and O–H groups in total. The van der Waals surface area contributed by atoms with Crippen LogP contribution in [0.25, 0.3) is 0 Å². The Bertz CT molecular complexity index is 506. The minimum Gasteiger partial charge on any atom is -0.400 e. The largest absolute Gasteiger partial charge is 0.400 e. The maximum Gasteiger partial charge on any atom is 0.243 e. The third-order valence-corrected chi connectivity index (χ3v) is 2.38. The molecule has 0 bridgehead atoms. The SMILES string of the molecule is CCc1cc(F)cc(N/C(C(=O)C=O)=C(/C)N)c1. The second-order valence-corrected chi connectivity index (χ2v) is 3.87.